The van der Waals surface area contributed by atoms with E-state index in [0.29, 0.717) is 32.8 Å². The monoisotopic (exact) mass is 343 g/mol. The number of ether oxygens (including phenoxy) is 1. The summed E-state index contributed by atoms with van der Waals surface area (Å²) in [5.41, 5.74) is -1.03. The molecule has 0 spiro atoms. The van der Waals surface area contributed by atoms with Crippen LogP contribution < -0.4 is 5.32 Å². The molecule has 1 amide bonds. The topological polar surface area (TPSA) is 85.3 Å². The van der Waals surface area contributed by atoms with Crippen molar-refractivity contribution in [2.75, 3.05) is 46.0 Å². The van der Waals surface area contributed by atoms with Gasteiger partial charge in [-0.25, -0.2) is 4.79 Å². The van der Waals surface area contributed by atoms with Crippen LogP contribution in [0.25, 0.3) is 0 Å². The van der Waals surface area contributed by atoms with Gasteiger partial charge >= 0.3 is 6.09 Å². The standard InChI is InChI=1S/C17H33N3O4/c1-15(2,3)17(5)10-18-13(9-20(17)14(22)23)8-19-6-7-24-12-16(19,4)11-21/h13,18,21H,6-12H2,1-5H3,(H,22,23)/t13-,16?,17-/m0/s1. The SMILES string of the molecule is CC1(CO)COCCN1C[C@H]1CN(C(=O)O)[C@](C)(C(C)(C)C)CN1. The highest BCUT2D eigenvalue weighted by Gasteiger charge is 2.49. The van der Waals surface area contributed by atoms with Gasteiger partial charge in [0.05, 0.1) is 30.9 Å². The molecule has 1 unspecified atom stereocenters. The molecular weight excluding hydrogens is 310 g/mol. The normalized spacial score (nSPS) is 35.9. The molecule has 2 aliphatic rings. The summed E-state index contributed by atoms with van der Waals surface area (Å²) in [6.45, 7) is 13.9. The molecule has 3 atom stereocenters. The molecule has 2 saturated heterocycles. The van der Waals surface area contributed by atoms with Crippen molar-refractivity contribution in [2.24, 2.45) is 5.41 Å². The fourth-order valence-corrected chi connectivity index (χ4v) is 3.56. The van der Waals surface area contributed by atoms with Crippen LogP contribution in [-0.4, -0.2) is 89.2 Å². The molecule has 24 heavy (non-hydrogen) atoms. The number of nitrogens with zero attached hydrogens (tertiary/aromatic N) is 2. The second-order valence-electron chi connectivity index (χ2n) is 8.65. The zero-order chi connectivity index (χ0) is 18.2. The van der Waals surface area contributed by atoms with Gasteiger partial charge in [-0.05, 0) is 19.3 Å². The number of piperazine rings is 1. The third-order valence-corrected chi connectivity index (χ3v) is 6.04. The van der Waals surface area contributed by atoms with Gasteiger partial charge in [-0.1, -0.05) is 20.8 Å². The summed E-state index contributed by atoms with van der Waals surface area (Å²) in [6, 6.07) is 0.0421. The molecule has 0 saturated carbocycles. The zero-order valence-electron chi connectivity index (χ0n) is 15.6. The molecular formula is C17H33N3O4. The van der Waals surface area contributed by atoms with Gasteiger partial charge in [0.15, 0.2) is 0 Å². The van der Waals surface area contributed by atoms with E-state index in [1.165, 1.54) is 0 Å². The molecule has 0 aromatic heterocycles. The van der Waals surface area contributed by atoms with Gasteiger partial charge in [0.2, 0.25) is 0 Å². The van der Waals surface area contributed by atoms with Crippen LogP contribution in [0, 0.1) is 5.41 Å². The van der Waals surface area contributed by atoms with Crippen molar-refractivity contribution in [3.63, 3.8) is 0 Å². The number of rotatable bonds is 3. The lowest BCUT2D eigenvalue weighted by atomic mass is 9.72. The Morgan fingerprint density at radius 1 is 1.38 bits per heavy atom. The lowest BCUT2D eigenvalue weighted by Crippen LogP contribution is -2.71. The van der Waals surface area contributed by atoms with E-state index in [-0.39, 0.29) is 18.1 Å². The third kappa shape index (κ3) is 3.54. The van der Waals surface area contributed by atoms with E-state index in [1.54, 1.807) is 4.90 Å². The summed E-state index contributed by atoms with van der Waals surface area (Å²) in [5.74, 6) is 0. The predicted molar refractivity (Wildman–Crippen MR) is 92.3 cm³/mol. The van der Waals surface area contributed by atoms with Crippen LogP contribution in [0.4, 0.5) is 4.79 Å². The van der Waals surface area contributed by atoms with Crippen LogP contribution in [0.15, 0.2) is 0 Å². The number of nitrogens with one attached hydrogen (secondary N) is 1. The van der Waals surface area contributed by atoms with Gasteiger partial charge in [-0.3, -0.25) is 9.80 Å². The fraction of sp³-hybridized carbons (Fsp3) is 0.941. The van der Waals surface area contributed by atoms with Crippen LogP contribution in [-0.2, 0) is 4.74 Å². The second-order valence-corrected chi connectivity index (χ2v) is 8.65. The average Bonchev–Trinajstić information content (AvgIpc) is 2.50. The number of aliphatic hydroxyl groups excluding tert-OH is 1. The van der Waals surface area contributed by atoms with Gasteiger partial charge in [0, 0.05) is 32.2 Å². The van der Waals surface area contributed by atoms with Crippen LogP contribution >= 0.6 is 0 Å². The molecule has 140 valence electrons. The Kier molecular flexibility index (Phi) is 5.49. The molecule has 7 heteroatoms. The zero-order valence-corrected chi connectivity index (χ0v) is 15.6. The molecule has 3 N–H and O–H groups in total. The van der Waals surface area contributed by atoms with E-state index >= 15 is 0 Å². The Morgan fingerprint density at radius 3 is 2.58 bits per heavy atom. The van der Waals surface area contributed by atoms with E-state index in [2.05, 4.69) is 31.0 Å². The molecule has 7 nitrogen and oxygen atoms in total. The summed E-state index contributed by atoms with van der Waals surface area (Å²) < 4.78 is 5.51. The van der Waals surface area contributed by atoms with Crippen LogP contribution in [0.1, 0.15) is 34.6 Å². The van der Waals surface area contributed by atoms with Crippen molar-refractivity contribution in [3.8, 4) is 0 Å². The quantitative estimate of drug-likeness (QED) is 0.704. The minimum Gasteiger partial charge on any atom is -0.465 e. The molecule has 0 radical (unpaired) electrons. The lowest BCUT2D eigenvalue weighted by molar-refractivity contribution is -0.0916. The van der Waals surface area contributed by atoms with Crippen molar-refractivity contribution in [3.05, 3.63) is 0 Å². The number of hydrogen-bond acceptors (Lipinski definition) is 5. The maximum absolute atomic E-state index is 11.9. The first-order chi connectivity index (χ1) is 11.0. The van der Waals surface area contributed by atoms with Crippen LogP contribution in [0.5, 0.6) is 0 Å². The van der Waals surface area contributed by atoms with Crippen LogP contribution in [0.3, 0.4) is 0 Å². The first kappa shape index (κ1) is 19.4. The van der Waals surface area contributed by atoms with E-state index < -0.39 is 17.2 Å². The molecule has 0 aromatic carbocycles. The molecule has 0 aromatic rings. The summed E-state index contributed by atoms with van der Waals surface area (Å²) >= 11 is 0. The van der Waals surface area contributed by atoms with E-state index in [1.807, 2.05) is 13.8 Å². The summed E-state index contributed by atoms with van der Waals surface area (Å²) in [5, 5.41) is 23.0. The van der Waals surface area contributed by atoms with Crippen molar-refractivity contribution < 1.29 is 19.7 Å². The smallest absolute Gasteiger partial charge is 0.407 e. The van der Waals surface area contributed by atoms with E-state index in [0.717, 1.165) is 6.54 Å². The predicted octanol–water partition coefficient (Wildman–Crippen LogP) is 0.826. The van der Waals surface area contributed by atoms with E-state index in [4.69, 9.17) is 4.74 Å². The highest BCUT2D eigenvalue weighted by atomic mass is 16.5. The molecule has 2 fully saturated rings. The van der Waals surface area contributed by atoms with Crippen molar-refractivity contribution in [1.29, 1.82) is 0 Å². The molecule has 0 bridgehead atoms. The highest BCUT2D eigenvalue weighted by Crippen LogP contribution is 2.37. The molecule has 2 rings (SSSR count). The van der Waals surface area contributed by atoms with Gasteiger partial charge in [-0.2, -0.15) is 0 Å². The number of carbonyl (C=O) groups is 1. The lowest BCUT2D eigenvalue weighted by Gasteiger charge is -2.54. The van der Waals surface area contributed by atoms with Crippen molar-refractivity contribution in [2.45, 2.75) is 51.7 Å². The van der Waals surface area contributed by atoms with Gasteiger partial charge in [0.25, 0.3) is 0 Å². The Bertz CT molecular complexity index is 467. The maximum atomic E-state index is 11.9. The van der Waals surface area contributed by atoms with Crippen molar-refractivity contribution in [1.82, 2.24) is 15.1 Å². The summed E-state index contributed by atoms with van der Waals surface area (Å²) in [4.78, 5) is 15.7. The number of aliphatic hydroxyl groups is 1. The minimum absolute atomic E-state index is 0.0298. The fourth-order valence-electron chi connectivity index (χ4n) is 3.56. The Labute approximate surface area is 144 Å². The number of morpholine rings is 1. The maximum Gasteiger partial charge on any atom is 0.407 e. The Morgan fingerprint density at radius 2 is 2.04 bits per heavy atom. The number of hydrogen-bond donors (Lipinski definition) is 3. The number of carboxylic acid groups (broad SMARTS) is 1. The average molecular weight is 343 g/mol. The number of amides is 1. The Balaban J connectivity index is 2.11. The van der Waals surface area contributed by atoms with Gasteiger partial charge < -0.3 is 20.3 Å². The molecule has 2 aliphatic heterocycles. The van der Waals surface area contributed by atoms with Gasteiger partial charge in [-0.15, -0.1) is 0 Å². The van der Waals surface area contributed by atoms with Crippen LogP contribution in [0.2, 0.25) is 0 Å². The van der Waals surface area contributed by atoms with Crippen molar-refractivity contribution >= 4 is 6.09 Å². The highest BCUT2D eigenvalue weighted by molar-refractivity contribution is 5.66. The molecule has 2 heterocycles. The minimum atomic E-state index is -0.870. The largest absolute Gasteiger partial charge is 0.465 e. The first-order valence-electron chi connectivity index (χ1n) is 8.71. The first-order valence-corrected chi connectivity index (χ1v) is 8.71. The summed E-state index contributed by atoms with van der Waals surface area (Å²) in [7, 11) is 0. The third-order valence-electron chi connectivity index (χ3n) is 6.04. The second kappa shape index (κ2) is 6.78. The summed E-state index contributed by atoms with van der Waals surface area (Å²) in [6.07, 6.45) is -0.870. The van der Waals surface area contributed by atoms with Gasteiger partial charge in [0.1, 0.15) is 0 Å². The molecule has 0 aliphatic carbocycles. The Hall–Kier alpha value is -0.890. The van der Waals surface area contributed by atoms with E-state index in [9.17, 15) is 15.0 Å².